The highest BCUT2D eigenvalue weighted by Crippen LogP contribution is 2.39. The van der Waals surface area contributed by atoms with Gasteiger partial charge in [-0.05, 0) is 56.9 Å². The summed E-state index contributed by atoms with van der Waals surface area (Å²) in [4.78, 5) is 46.6. The van der Waals surface area contributed by atoms with Crippen molar-refractivity contribution < 1.29 is 19.1 Å². The molecule has 1 saturated heterocycles. The number of carbonyl (C=O) groups excluding carboxylic acids is 3. The molecule has 186 valence electrons. The Labute approximate surface area is 213 Å². The van der Waals surface area contributed by atoms with Crippen molar-refractivity contribution in [1.82, 2.24) is 14.8 Å². The molecule has 4 rings (SSSR count). The minimum atomic E-state index is -0.120. The highest BCUT2D eigenvalue weighted by molar-refractivity contribution is 8.01. The zero-order valence-corrected chi connectivity index (χ0v) is 21.8. The van der Waals surface area contributed by atoms with E-state index in [9.17, 15) is 14.4 Å². The van der Waals surface area contributed by atoms with Crippen LogP contribution in [0.4, 0.5) is 5.13 Å². The summed E-state index contributed by atoms with van der Waals surface area (Å²) in [5.41, 5.74) is 1.47. The lowest BCUT2D eigenvalue weighted by Gasteiger charge is -2.25. The van der Waals surface area contributed by atoms with Crippen molar-refractivity contribution in [2.75, 3.05) is 32.1 Å². The second-order valence-corrected chi connectivity index (χ2v) is 11.2. The second kappa shape index (κ2) is 10.8. The predicted molar refractivity (Wildman–Crippen MR) is 137 cm³/mol. The molecule has 0 bridgehead atoms. The second-order valence-electron chi connectivity index (χ2n) is 8.83. The van der Waals surface area contributed by atoms with Gasteiger partial charge in [-0.25, -0.2) is 4.98 Å². The number of rotatable bonds is 7. The molecule has 0 spiro atoms. The molecule has 1 aromatic carbocycles. The Morgan fingerprint density at radius 1 is 1.23 bits per heavy atom. The molecule has 3 amide bonds. The van der Waals surface area contributed by atoms with Gasteiger partial charge in [0, 0.05) is 36.5 Å². The van der Waals surface area contributed by atoms with Crippen molar-refractivity contribution >= 4 is 46.0 Å². The van der Waals surface area contributed by atoms with Crippen LogP contribution in [0.1, 0.15) is 42.1 Å². The van der Waals surface area contributed by atoms with Crippen LogP contribution in [0.5, 0.6) is 5.75 Å². The molecular weight excluding hydrogens is 484 g/mol. The molecule has 1 N–H and O–H groups in total. The molecule has 2 heterocycles. The van der Waals surface area contributed by atoms with Crippen LogP contribution in [-0.4, -0.2) is 65.3 Å². The molecule has 1 saturated carbocycles. The highest BCUT2D eigenvalue weighted by atomic mass is 32.2. The summed E-state index contributed by atoms with van der Waals surface area (Å²) < 4.78 is 6.48. The van der Waals surface area contributed by atoms with Gasteiger partial charge in [-0.1, -0.05) is 29.7 Å². The number of hydrogen-bond donors (Lipinski definition) is 1. The van der Waals surface area contributed by atoms with Crippen LogP contribution in [0.3, 0.4) is 0 Å². The average Bonchev–Trinajstić information content (AvgIpc) is 3.64. The summed E-state index contributed by atoms with van der Waals surface area (Å²) in [7, 11) is 1.56. The van der Waals surface area contributed by atoms with Gasteiger partial charge in [-0.15, -0.1) is 0 Å². The standard InChI is InChI=1S/C25H30N4O4S2/c1-5-21(30)29-11-10-28(9-8-16(29)3)24(32)18-13-20(15(2)12-19(18)33-4)34-22-14-26-25(35-22)27-23(31)17-6-7-17/h5,12-14,16-17H,1,6-11H2,2-4H3,(H,26,27,31). The van der Waals surface area contributed by atoms with Gasteiger partial charge in [0.1, 0.15) is 5.75 Å². The largest absolute Gasteiger partial charge is 0.496 e. The fourth-order valence-electron chi connectivity index (χ4n) is 4.01. The Bertz CT molecular complexity index is 1140. The molecule has 2 aliphatic rings. The van der Waals surface area contributed by atoms with Gasteiger partial charge in [0.05, 0.1) is 23.1 Å². The SMILES string of the molecule is C=CC(=O)N1CCN(C(=O)c2cc(Sc3cnc(NC(=O)C4CC4)s3)c(C)cc2OC)CCC1C. The number of hydrogen-bond acceptors (Lipinski definition) is 7. The molecule has 8 nitrogen and oxygen atoms in total. The Morgan fingerprint density at radius 2 is 2.00 bits per heavy atom. The van der Waals surface area contributed by atoms with Gasteiger partial charge in [-0.2, -0.15) is 0 Å². The maximum atomic E-state index is 13.6. The highest BCUT2D eigenvalue weighted by Gasteiger charge is 2.30. The van der Waals surface area contributed by atoms with Crippen molar-refractivity contribution in [2.24, 2.45) is 5.92 Å². The average molecular weight is 515 g/mol. The van der Waals surface area contributed by atoms with Crippen LogP contribution in [0, 0.1) is 12.8 Å². The van der Waals surface area contributed by atoms with E-state index in [1.165, 1.54) is 29.2 Å². The number of nitrogens with one attached hydrogen (secondary N) is 1. The topological polar surface area (TPSA) is 91.8 Å². The Kier molecular flexibility index (Phi) is 7.81. The molecule has 1 aromatic heterocycles. The van der Waals surface area contributed by atoms with Crippen molar-refractivity contribution in [3.63, 3.8) is 0 Å². The first-order valence-electron chi connectivity index (χ1n) is 11.7. The van der Waals surface area contributed by atoms with Crippen LogP contribution < -0.4 is 10.1 Å². The van der Waals surface area contributed by atoms with Gasteiger partial charge in [0.2, 0.25) is 11.8 Å². The molecule has 2 fully saturated rings. The Morgan fingerprint density at radius 3 is 2.69 bits per heavy atom. The molecule has 0 radical (unpaired) electrons. The Balaban J connectivity index is 1.51. The molecular formula is C25H30N4O4S2. The fraction of sp³-hybridized carbons (Fsp3) is 0.440. The van der Waals surface area contributed by atoms with Gasteiger partial charge < -0.3 is 19.9 Å². The monoisotopic (exact) mass is 514 g/mol. The minimum absolute atomic E-state index is 0.0320. The lowest BCUT2D eigenvalue weighted by Crippen LogP contribution is -2.39. The normalized spacial score (nSPS) is 18.1. The number of anilines is 1. The van der Waals surface area contributed by atoms with E-state index in [1.807, 2.05) is 26.0 Å². The third-order valence-electron chi connectivity index (χ3n) is 6.31. The molecule has 35 heavy (non-hydrogen) atoms. The van der Waals surface area contributed by atoms with Gasteiger partial charge >= 0.3 is 0 Å². The third kappa shape index (κ3) is 5.87. The minimum Gasteiger partial charge on any atom is -0.496 e. The lowest BCUT2D eigenvalue weighted by molar-refractivity contribution is -0.127. The van der Waals surface area contributed by atoms with E-state index in [1.54, 1.807) is 23.1 Å². The van der Waals surface area contributed by atoms with E-state index in [2.05, 4.69) is 16.9 Å². The van der Waals surface area contributed by atoms with E-state index in [-0.39, 0.29) is 29.7 Å². The molecule has 1 unspecified atom stereocenters. The van der Waals surface area contributed by atoms with E-state index in [4.69, 9.17) is 4.74 Å². The van der Waals surface area contributed by atoms with E-state index in [0.29, 0.717) is 42.5 Å². The first-order valence-corrected chi connectivity index (χ1v) is 13.3. The van der Waals surface area contributed by atoms with Crippen LogP contribution in [-0.2, 0) is 9.59 Å². The summed E-state index contributed by atoms with van der Waals surface area (Å²) in [6, 6.07) is 3.77. The zero-order chi connectivity index (χ0) is 25.1. The maximum Gasteiger partial charge on any atom is 0.257 e. The number of carbonyl (C=O) groups is 3. The van der Waals surface area contributed by atoms with Crippen molar-refractivity contribution in [3.8, 4) is 5.75 Å². The summed E-state index contributed by atoms with van der Waals surface area (Å²) in [5, 5.41) is 3.47. The number of nitrogens with zero attached hydrogens (tertiary/aromatic N) is 3. The number of aromatic nitrogens is 1. The molecule has 1 aliphatic heterocycles. The van der Waals surface area contributed by atoms with Gasteiger partial charge in [0.25, 0.3) is 5.91 Å². The number of aryl methyl sites for hydroxylation is 1. The van der Waals surface area contributed by atoms with E-state index in [0.717, 1.165) is 27.5 Å². The number of ether oxygens (including phenoxy) is 1. The predicted octanol–water partition coefficient (Wildman–Crippen LogP) is 4.21. The van der Waals surface area contributed by atoms with Crippen LogP contribution in [0.25, 0.3) is 0 Å². The maximum absolute atomic E-state index is 13.6. The quantitative estimate of drug-likeness (QED) is 0.557. The number of amides is 3. The molecule has 2 aromatic rings. The first-order chi connectivity index (χ1) is 16.8. The summed E-state index contributed by atoms with van der Waals surface area (Å²) in [6.45, 7) is 9.02. The Hall–Kier alpha value is -2.85. The molecule has 10 heteroatoms. The smallest absolute Gasteiger partial charge is 0.257 e. The van der Waals surface area contributed by atoms with Crippen LogP contribution >= 0.6 is 23.1 Å². The van der Waals surface area contributed by atoms with Crippen LogP contribution in [0.15, 0.2) is 40.1 Å². The molecule has 1 aliphatic carbocycles. The third-order valence-corrected chi connectivity index (χ3v) is 8.48. The zero-order valence-electron chi connectivity index (χ0n) is 20.2. The van der Waals surface area contributed by atoms with E-state index < -0.39 is 0 Å². The lowest BCUT2D eigenvalue weighted by atomic mass is 10.1. The van der Waals surface area contributed by atoms with Crippen molar-refractivity contribution in [3.05, 3.63) is 42.1 Å². The summed E-state index contributed by atoms with van der Waals surface area (Å²) in [5.74, 6) is 0.442. The van der Waals surface area contributed by atoms with Crippen LogP contribution in [0.2, 0.25) is 0 Å². The molecule has 1 atom stereocenters. The van der Waals surface area contributed by atoms with Gasteiger partial charge in [0.15, 0.2) is 5.13 Å². The first kappa shape index (κ1) is 25.2. The number of benzene rings is 1. The number of thiazole rings is 1. The van der Waals surface area contributed by atoms with Crippen molar-refractivity contribution in [1.29, 1.82) is 0 Å². The summed E-state index contributed by atoms with van der Waals surface area (Å²) >= 11 is 2.93. The fourth-order valence-corrected chi connectivity index (χ4v) is 5.96. The number of methoxy groups -OCH3 is 1. The van der Waals surface area contributed by atoms with Gasteiger partial charge in [-0.3, -0.25) is 14.4 Å². The summed E-state index contributed by atoms with van der Waals surface area (Å²) in [6.07, 6.45) is 5.64. The van der Waals surface area contributed by atoms with Crippen molar-refractivity contribution in [2.45, 2.75) is 48.3 Å². The van der Waals surface area contributed by atoms with E-state index >= 15 is 0 Å².